The monoisotopic (exact) mass is 282 g/mol. The normalized spacial score (nSPS) is 11.9. The van der Waals surface area contributed by atoms with Gasteiger partial charge in [-0.15, -0.1) is 0 Å². The van der Waals surface area contributed by atoms with E-state index in [-0.39, 0.29) is 0 Å². The summed E-state index contributed by atoms with van der Waals surface area (Å²) in [6.45, 7) is 3.46. The smallest absolute Gasteiger partial charge is 0.166 e. The van der Waals surface area contributed by atoms with E-state index >= 15 is 0 Å². The van der Waals surface area contributed by atoms with Gasteiger partial charge in [0.2, 0.25) is 0 Å². The van der Waals surface area contributed by atoms with Gasteiger partial charge in [-0.25, -0.2) is 0 Å². The molecule has 2 aromatic carbocycles. The van der Waals surface area contributed by atoms with Crippen molar-refractivity contribution >= 4 is 18.5 Å². The summed E-state index contributed by atoms with van der Waals surface area (Å²) in [5.41, 5.74) is 1.38. The van der Waals surface area contributed by atoms with E-state index in [1.165, 1.54) is 0 Å². The zero-order valence-electron chi connectivity index (χ0n) is 10.7. The van der Waals surface area contributed by atoms with Crippen molar-refractivity contribution in [2.75, 3.05) is 0 Å². The van der Waals surface area contributed by atoms with Gasteiger partial charge in [0.15, 0.2) is 0 Å². The van der Waals surface area contributed by atoms with Gasteiger partial charge in [-0.05, 0) is 35.6 Å². The molecule has 0 radical (unpaired) electrons. The average Bonchev–Trinajstić information content (AvgIpc) is 2.33. The first-order valence-corrected chi connectivity index (χ1v) is 7.23. The van der Waals surface area contributed by atoms with Crippen LogP contribution in [0.25, 0.3) is 0 Å². The molecule has 0 heterocycles. The lowest BCUT2D eigenvalue weighted by Crippen LogP contribution is -2.26. The van der Waals surface area contributed by atoms with Crippen molar-refractivity contribution in [3.8, 4) is 0 Å². The Kier molecular flexibility index (Phi) is 3.96. The van der Waals surface area contributed by atoms with Crippen LogP contribution in [0.5, 0.6) is 0 Å². The molecule has 0 aliphatic heterocycles. The Bertz CT molecular complexity index is 530. The Morgan fingerprint density at radius 2 is 1.11 bits per heavy atom. The maximum atomic E-state index is 13.5. The van der Waals surface area contributed by atoms with Gasteiger partial charge in [0.1, 0.15) is 0 Å². The third-order valence-electron chi connectivity index (χ3n) is 2.97. The molecule has 0 aliphatic carbocycles. The molecular weight excluding hydrogens is 268 g/mol. The molecule has 4 heteroatoms. The standard InChI is InChI=1S/C15H14F3P/c1-11-7-3-5-9-13(11)19(15(16,17)18)14-10-6-4-8-12(14)2/h3-10H,1-2H3. The minimum Gasteiger partial charge on any atom is -0.166 e. The highest BCUT2D eigenvalue weighted by Crippen LogP contribution is 2.52. The zero-order valence-corrected chi connectivity index (χ0v) is 11.6. The summed E-state index contributed by atoms with van der Waals surface area (Å²) in [4.78, 5) is 0. The van der Waals surface area contributed by atoms with Crippen LogP contribution >= 0.6 is 7.92 Å². The van der Waals surface area contributed by atoms with E-state index < -0.39 is 13.8 Å². The largest absolute Gasteiger partial charge is 0.413 e. The lowest BCUT2D eigenvalue weighted by atomic mass is 10.2. The highest BCUT2D eigenvalue weighted by molar-refractivity contribution is 7.74. The van der Waals surface area contributed by atoms with E-state index in [0.717, 1.165) is 0 Å². The molecule has 0 amide bonds. The van der Waals surface area contributed by atoms with Crippen LogP contribution in [0.15, 0.2) is 48.5 Å². The SMILES string of the molecule is Cc1ccccc1P(c1ccccc1C)C(F)(F)F. The molecule has 2 aromatic rings. The van der Waals surface area contributed by atoms with Crippen molar-refractivity contribution in [1.29, 1.82) is 0 Å². The van der Waals surface area contributed by atoms with Gasteiger partial charge in [-0.3, -0.25) is 0 Å². The van der Waals surface area contributed by atoms with Crippen molar-refractivity contribution < 1.29 is 13.2 Å². The van der Waals surface area contributed by atoms with Crippen molar-refractivity contribution in [3.63, 3.8) is 0 Å². The van der Waals surface area contributed by atoms with Crippen molar-refractivity contribution in [2.24, 2.45) is 0 Å². The summed E-state index contributed by atoms with van der Waals surface area (Å²) >= 11 is 0. The van der Waals surface area contributed by atoms with Gasteiger partial charge in [-0.2, -0.15) is 13.2 Å². The highest BCUT2D eigenvalue weighted by atomic mass is 31.1. The number of hydrogen-bond donors (Lipinski definition) is 0. The van der Waals surface area contributed by atoms with Crippen LogP contribution in [0, 0.1) is 13.8 Å². The van der Waals surface area contributed by atoms with Crippen LogP contribution in [-0.2, 0) is 0 Å². The van der Waals surface area contributed by atoms with Crippen molar-refractivity contribution in [3.05, 3.63) is 59.7 Å². The first kappa shape index (κ1) is 14.1. The molecule has 0 N–H and O–H groups in total. The second-order valence-corrected chi connectivity index (χ2v) is 6.52. The Balaban J connectivity index is 2.62. The summed E-state index contributed by atoms with van der Waals surface area (Å²) in [6, 6.07) is 13.5. The first-order valence-electron chi connectivity index (χ1n) is 5.89. The molecule has 0 nitrogen and oxygen atoms in total. The number of rotatable bonds is 2. The fourth-order valence-electron chi connectivity index (χ4n) is 2.03. The van der Waals surface area contributed by atoms with Crippen molar-refractivity contribution in [1.82, 2.24) is 0 Å². The van der Waals surface area contributed by atoms with Gasteiger partial charge in [0, 0.05) is 0 Å². The molecule has 0 unspecified atom stereocenters. The van der Waals surface area contributed by atoms with Crippen LogP contribution in [-0.4, -0.2) is 5.92 Å². The fourth-order valence-corrected chi connectivity index (χ4v) is 4.16. The number of aryl methyl sites for hydroxylation is 2. The van der Waals surface area contributed by atoms with Crippen molar-refractivity contribution in [2.45, 2.75) is 19.8 Å². The molecule has 0 fully saturated rings. The lowest BCUT2D eigenvalue weighted by Gasteiger charge is -2.24. The molecule has 0 bridgehead atoms. The number of benzene rings is 2. The van der Waals surface area contributed by atoms with Gasteiger partial charge in [0.25, 0.3) is 0 Å². The second-order valence-electron chi connectivity index (χ2n) is 4.38. The molecule has 0 aromatic heterocycles. The summed E-state index contributed by atoms with van der Waals surface area (Å²) < 4.78 is 40.4. The molecule has 0 atom stereocenters. The minimum absolute atomic E-state index is 0.388. The van der Waals surface area contributed by atoms with E-state index in [4.69, 9.17) is 0 Å². The predicted molar refractivity (Wildman–Crippen MR) is 74.6 cm³/mol. The molecule has 0 saturated carbocycles. The Morgan fingerprint density at radius 3 is 1.42 bits per heavy atom. The van der Waals surface area contributed by atoms with Gasteiger partial charge in [0.05, 0.1) is 7.92 Å². The molecule has 0 spiro atoms. The van der Waals surface area contributed by atoms with E-state index in [0.29, 0.717) is 21.7 Å². The summed E-state index contributed by atoms with van der Waals surface area (Å²) in [7, 11) is -2.33. The maximum Gasteiger partial charge on any atom is 0.413 e. The third-order valence-corrected chi connectivity index (χ3v) is 5.44. The Morgan fingerprint density at radius 1 is 0.737 bits per heavy atom. The number of hydrogen-bond acceptors (Lipinski definition) is 0. The molecule has 0 saturated heterocycles. The third kappa shape index (κ3) is 2.98. The fraction of sp³-hybridized carbons (Fsp3) is 0.200. The van der Waals surface area contributed by atoms with Crippen LogP contribution in [0.2, 0.25) is 0 Å². The van der Waals surface area contributed by atoms with Crippen LogP contribution < -0.4 is 10.6 Å². The van der Waals surface area contributed by atoms with Crippen LogP contribution in [0.1, 0.15) is 11.1 Å². The Hall–Kier alpha value is -1.34. The number of halogens is 3. The van der Waals surface area contributed by atoms with E-state index in [1.54, 1.807) is 62.4 Å². The highest BCUT2D eigenvalue weighted by Gasteiger charge is 2.42. The first-order chi connectivity index (χ1) is 8.91. The summed E-state index contributed by atoms with van der Waals surface area (Å²) in [6.07, 6.45) is 0. The topological polar surface area (TPSA) is 0 Å². The quantitative estimate of drug-likeness (QED) is 0.722. The lowest BCUT2D eigenvalue weighted by molar-refractivity contribution is -0.0379. The maximum absolute atomic E-state index is 13.5. The molecular formula is C15H14F3P. The molecule has 0 aliphatic rings. The van der Waals surface area contributed by atoms with E-state index in [9.17, 15) is 13.2 Å². The minimum atomic E-state index is -4.23. The Labute approximate surface area is 112 Å². The average molecular weight is 282 g/mol. The van der Waals surface area contributed by atoms with E-state index in [2.05, 4.69) is 0 Å². The molecule has 100 valence electrons. The van der Waals surface area contributed by atoms with Gasteiger partial charge in [-0.1, -0.05) is 48.5 Å². The van der Waals surface area contributed by atoms with E-state index in [1.807, 2.05) is 0 Å². The summed E-state index contributed by atoms with van der Waals surface area (Å²) in [5, 5.41) is 0.776. The molecule has 2 rings (SSSR count). The zero-order chi connectivity index (χ0) is 14.0. The predicted octanol–water partition coefficient (Wildman–Crippen LogP) is 4.26. The molecule has 19 heavy (non-hydrogen) atoms. The van der Waals surface area contributed by atoms with Crippen LogP contribution in [0.3, 0.4) is 0 Å². The summed E-state index contributed by atoms with van der Waals surface area (Å²) in [5.74, 6) is -4.23. The second kappa shape index (κ2) is 5.34. The van der Waals surface area contributed by atoms with Gasteiger partial charge >= 0.3 is 5.92 Å². The van der Waals surface area contributed by atoms with Gasteiger partial charge < -0.3 is 0 Å². The van der Waals surface area contributed by atoms with Crippen LogP contribution in [0.4, 0.5) is 13.2 Å². The number of alkyl halides is 3.